The fraction of sp³-hybridized carbons (Fsp3) is 0.520. The van der Waals surface area contributed by atoms with E-state index in [4.69, 9.17) is 20.6 Å². The molecule has 3 rings (SSSR count). The second-order valence-corrected chi connectivity index (χ2v) is 9.09. The molecule has 2 heterocycles. The van der Waals surface area contributed by atoms with Crippen LogP contribution in [0, 0.1) is 19.3 Å². The van der Waals surface area contributed by atoms with E-state index in [1.165, 1.54) is 0 Å². The van der Waals surface area contributed by atoms with Crippen LogP contribution in [0.3, 0.4) is 0 Å². The summed E-state index contributed by atoms with van der Waals surface area (Å²) >= 11 is 0. The van der Waals surface area contributed by atoms with Crippen LogP contribution < -0.4 is 10.1 Å². The highest BCUT2D eigenvalue weighted by Crippen LogP contribution is 2.31. The van der Waals surface area contributed by atoms with E-state index in [0.717, 1.165) is 18.4 Å². The zero-order valence-corrected chi connectivity index (χ0v) is 20.6. The number of anilines is 1. The number of carbonyl (C=O) groups excluding carboxylic acids is 1. The standard InChI is InChI=1S/C25H33N5O4/c1-7-18-11-12-20(21(14-18)33-16-32-8-2)22-17(3)26-23(29-28-22)27-19-10-9-13-30(15-19)24(31)34-25(4,5)6/h1,11-12,14,19H,8-10,13,15-16H2,2-6H3,(H,26,27,29)/t19-/m1/s1. The van der Waals surface area contributed by atoms with E-state index in [9.17, 15) is 4.79 Å². The second-order valence-electron chi connectivity index (χ2n) is 9.09. The van der Waals surface area contributed by atoms with E-state index in [-0.39, 0.29) is 18.9 Å². The number of piperidine rings is 1. The molecule has 0 aliphatic carbocycles. The van der Waals surface area contributed by atoms with Crippen LogP contribution in [0.1, 0.15) is 51.8 Å². The summed E-state index contributed by atoms with van der Waals surface area (Å²) in [6, 6.07) is 5.45. The first-order valence-electron chi connectivity index (χ1n) is 11.5. The van der Waals surface area contributed by atoms with E-state index in [1.54, 1.807) is 11.0 Å². The summed E-state index contributed by atoms with van der Waals surface area (Å²) in [5.41, 5.74) is 2.18. The molecule has 1 amide bonds. The molecule has 1 aliphatic rings. The number of aromatic nitrogens is 3. The Balaban J connectivity index is 1.73. The van der Waals surface area contributed by atoms with Crippen LogP contribution in [0.5, 0.6) is 5.75 Å². The summed E-state index contributed by atoms with van der Waals surface area (Å²) in [5.74, 6) is 3.58. The molecular weight excluding hydrogens is 434 g/mol. The molecule has 1 aromatic carbocycles. The van der Waals surface area contributed by atoms with E-state index in [2.05, 4.69) is 26.4 Å². The number of hydrogen-bond donors (Lipinski definition) is 1. The zero-order valence-electron chi connectivity index (χ0n) is 20.6. The fourth-order valence-electron chi connectivity index (χ4n) is 3.60. The van der Waals surface area contributed by atoms with Crippen LogP contribution >= 0.6 is 0 Å². The van der Waals surface area contributed by atoms with Gasteiger partial charge < -0.3 is 24.4 Å². The molecule has 34 heavy (non-hydrogen) atoms. The van der Waals surface area contributed by atoms with Crippen molar-refractivity contribution in [3.8, 4) is 29.4 Å². The monoisotopic (exact) mass is 467 g/mol. The SMILES string of the molecule is C#Cc1ccc(-c2nnc(N[C@@H]3CCCN(C(=O)OC(C)(C)C)C3)nc2C)c(OCOCC)c1. The maximum atomic E-state index is 12.4. The molecule has 0 radical (unpaired) electrons. The molecule has 1 saturated heterocycles. The van der Waals surface area contributed by atoms with Gasteiger partial charge in [0.25, 0.3) is 0 Å². The molecule has 1 N–H and O–H groups in total. The van der Waals surface area contributed by atoms with Crippen LogP contribution in [-0.2, 0) is 9.47 Å². The third kappa shape index (κ3) is 6.81. The maximum absolute atomic E-state index is 12.4. The van der Waals surface area contributed by atoms with Gasteiger partial charge in [0.05, 0.1) is 5.69 Å². The van der Waals surface area contributed by atoms with Gasteiger partial charge in [0.1, 0.15) is 17.0 Å². The van der Waals surface area contributed by atoms with Crippen LogP contribution in [0.15, 0.2) is 18.2 Å². The average molecular weight is 468 g/mol. The Labute approximate surface area is 201 Å². The summed E-state index contributed by atoms with van der Waals surface area (Å²) in [7, 11) is 0. The van der Waals surface area contributed by atoms with Gasteiger partial charge in [-0.3, -0.25) is 0 Å². The molecule has 182 valence electrons. The molecule has 0 bridgehead atoms. The predicted molar refractivity (Wildman–Crippen MR) is 130 cm³/mol. The molecule has 0 saturated carbocycles. The van der Waals surface area contributed by atoms with Crippen molar-refractivity contribution < 1.29 is 19.0 Å². The van der Waals surface area contributed by atoms with Gasteiger partial charge in [0.15, 0.2) is 6.79 Å². The number of ether oxygens (including phenoxy) is 3. The number of nitrogens with zero attached hydrogens (tertiary/aromatic N) is 4. The van der Waals surface area contributed by atoms with Crippen molar-refractivity contribution in [2.75, 3.05) is 31.8 Å². The lowest BCUT2D eigenvalue weighted by Gasteiger charge is -2.34. The first-order valence-corrected chi connectivity index (χ1v) is 11.5. The van der Waals surface area contributed by atoms with Crippen molar-refractivity contribution >= 4 is 12.0 Å². The molecule has 1 fully saturated rings. The van der Waals surface area contributed by atoms with Crippen molar-refractivity contribution in [2.24, 2.45) is 0 Å². The van der Waals surface area contributed by atoms with Crippen molar-refractivity contribution in [1.29, 1.82) is 0 Å². The highest BCUT2D eigenvalue weighted by atomic mass is 16.7. The van der Waals surface area contributed by atoms with Gasteiger partial charge in [-0.15, -0.1) is 16.6 Å². The van der Waals surface area contributed by atoms with E-state index >= 15 is 0 Å². The topological polar surface area (TPSA) is 98.7 Å². The summed E-state index contributed by atoms with van der Waals surface area (Å²) in [6.45, 7) is 11.2. The molecule has 2 aromatic rings. The van der Waals surface area contributed by atoms with E-state index in [0.29, 0.717) is 48.3 Å². The number of hydrogen-bond acceptors (Lipinski definition) is 8. The third-order valence-corrected chi connectivity index (χ3v) is 5.17. The number of rotatable bonds is 7. The minimum atomic E-state index is -0.527. The number of terminal acetylenes is 1. The second kappa shape index (κ2) is 11.2. The van der Waals surface area contributed by atoms with Crippen LogP contribution in [0.2, 0.25) is 0 Å². The van der Waals surface area contributed by atoms with Gasteiger partial charge in [-0.2, -0.15) is 0 Å². The van der Waals surface area contributed by atoms with Crippen molar-refractivity contribution in [3.63, 3.8) is 0 Å². The van der Waals surface area contributed by atoms with Crippen molar-refractivity contribution in [1.82, 2.24) is 20.1 Å². The Bertz CT molecular complexity index is 1040. The van der Waals surface area contributed by atoms with Crippen LogP contribution in [-0.4, -0.2) is 64.3 Å². The Hall–Kier alpha value is -3.38. The molecule has 0 spiro atoms. The molecule has 1 atom stereocenters. The Kier molecular flexibility index (Phi) is 8.29. The van der Waals surface area contributed by atoms with Gasteiger partial charge in [0, 0.05) is 36.9 Å². The number of carbonyl (C=O) groups is 1. The van der Waals surface area contributed by atoms with Crippen molar-refractivity contribution in [3.05, 3.63) is 29.5 Å². The van der Waals surface area contributed by atoms with Gasteiger partial charge in [-0.25, -0.2) is 9.78 Å². The molecule has 9 nitrogen and oxygen atoms in total. The zero-order chi connectivity index (χ0) is 24.7. The Morgan fingerprint density at radius 3 is 2.79 bits per heavy atom. The molecule has 1 aliphatic heterocycles. The Morgan fingerprint density at radius 2 is 2.12 bits per heavy atom. The minimum Gasteiger partial charge on any atom is -0.467 e. The first-order chi connectivity index (χ1) is 16.2. The van der Waals surface area contributed by atoms with E-state index in [1.807, 2.05) is 46.8 Å². The number of aryl methyl sites for hydroxylation is 1. The molecule has 1 aromatic heterocycles. The van der Waals surface area contributed by atoms with Gasteiger partial charge in [-0.05, 0) is 65.7 Å². The summed E-state index contributed by atoms with van der Waals surface area (Å²) < 4.78 is 16.6. The fourth-order valence-corrected chi connectivity index (χ4v) is 3.60. The number of nitrogens with one attached hydrogen (secondary N) is 1. The largest absolute Gasteiger partial charge is 0.467 e. The first kappa shape index (κ1) is 25.2. The lowest BCUT2D eigenvalue weighted by atomic mass is 10.1. The highest BCUT2D eigenvalue weighted by molar-refractivity contribution is 5.70. The summed E-state index contributed by atoms with van der Waals surface area (Å²) in [4.78, 5) is 18.8. The van der Waals surface area contributed by atoms with Crippen LogP contribution in [0.25, 0.3) is 11.3 Å². The molecule has 0 unspecified atom stereocenters. The van der Waals surface area contributed by atoms with E-state index < -0.39 is 5.60 Å². The third-order valence-electron chi connectivity index (χ3n) is 5.17. The van der Waals surface area contributed by atoms with Crippen molar-refractivity contribution in [2.45, 2.75) is 59.1 Å². The maximum Gasteiger partial charge on any atom is 0.410 e. The smallest absolute Gasteiger partial charge is 0.410 e. The number of amides is 1. The van der Waals surface area contributed by atoms with Gasteiger partial charge in [0.2, 0.25) is 5.95 Å². The lowest BCUT2D eigenvalue weighted by molar-refractivity contribution is 0.0205. The lowest BCUT2D eigenvalue weighted by Crippen LogP contribution is -2.47. The highest BCUT2D eigenvalue weighted by Gasteiger charge is 2.28. The number of likely N-dealkylation sites (tertiary alicyclic amines) is 1. The molecular formula is C25H33N5O4. The average Bonchev–Trinajstić information content (AvgIpc) is 2.79. The van der Waals surface area contributed by atoms with Crippen LogP contribution in [0.4, 0.5) is 10.7 Å². The summed E-state index contributed by atoms with van der Waals surface area (Å²) in [5, 5.41) is 12.0. The molecule has 9 heteroatoms. The van der Waals surface area contributed by atoms with Gasteiger partial charge in [-0.1, -0.05) is 5.92 Å². The van der Waals surface area contributed by atoms with Gasteiger partial charge >= 0.3 is 6.09 Å². The minimum absolute atomic E-state index is 0.00770. The number of benzene rings is 1. The normalized spacial score (nSPS) is 16.0. The Morgan fingerprint density at radius 1 is 1.32 bits per heavy atom. The quantitative estimate of drug-likeness (QED) is 0.370. The summed E-state index contributed by atoms with van der Waals surface area (Å²) in [6.07, 6.45) is 7.00. The predicted octanol–water partition coefficient (Wildman–Crippen LogP) is 4.01.